The van der Waals surface area contributed by atoms with E-state index in [9.17, 15) is 5.11 Å². The van der Waals surface area contributed by atoms with Crippen molar-refractivity contribution in [2.45, 2.75) is 26.7 Å². The summed E-state index contributed by atoms with van der Waals surface area (Å²) in [6.45, 7) is 7.09. The van der Waals surface area contributed by atoms with Crippen molar-refractivity contribution in [2.24, 2.45) is 5.73 Å². The Bertz CT molecular complexity index is 335. The minimum atomic E-state index is 0.192. The number of aryl methyl sites for hydroxylation is 1. The third kappa shape index (κ3) is 2.86. The van der Waals surface area contributed by atoms with Gasteiger partial charge in [0.2, 0.25) is 0 Å². The second-order valence-corrected chi connectivity index (χ2v) is 3.97. The number of ether oxygens (including phenoxy) is 1. The minimum absolute atomic E-state index is 0.192. The van der Waals surface area contributed by atoms with Gasteiger partial charge in [0.25, 0.3) is 0 Å². The van der Waals surface area contributed by atoms with Crippen LogP contribution in [0.15, 0.2) is 12.1 Å². The van der Waals surface area contributed by atoms with Crippen molar-refractivity contribution in [3.05, 3.63) is 23.3 Å². The standard InChI is InChI=1S/C12H19NO2/c1-8(2)10-7-11(14)12(6-9(10)3)15-5-4-13/h6-8,14H,4-5,13H2,1-3H3. The molecule has 0 aliphatic rings. The van der Waals surface area contributed by atoms with Crippen LogP contribution in [-0.4, -0.2) is 18.3 Å². The van der Waals surface area contributed by atoms with Crippen LogP contribution in [0.25, 0.3) is 0 Å². The Morgan fingerprint density at radius 3 is 2.60 bits per heavy atom. The van der Waals surface area contributed by atoms with E-state index >= 15 is 0 Å². The van der Waals surface area contributed by atoms with E-state index in [4.69, 9.17) is 10.5 Å². The summed E-state index contributed by atoms with van der Waals surface area (Å²) >= 11 is 0. The van der Waals surface area contributed by atoms with Crippen LogP contribution in [0.5, 0.6) is 11.5 Å². The molecule has 0 aliphatic heterocycles. The number of phenols is 1. The molecule has 15 heavy (non-hydrogen) atoms. The molecule has 3 N–H and O–H groups in total. The summed E-state index contributed by atoms with van der Waals surface area (Å²) in [4.78, 5) is 0. The highest BCUT2D eigenvalue weighted by Gasteiger charge is 2.09. The van der Waals surface area contributed by atoms with Crippen LogP contribution in [0, 0.1) is 6.92 Å². The van der Waals surface area contributed by atoms with Crippen molar-refractivity contribution in [1.29, 1.82) is 0 Å². The van der Waals surface area contributed by atoms with E-state index in [-0.39, 0.29) is 5.75 Å². The molecule has 0 aromatic heterocycles. The quantitative estimate of drug-likeness (QED) is 0.799. The number of hydrogen-bond acceptors (Lipinski definition) is 3. The maximum absolute atomic E-state index is 9.73. The van der Waals surface area contributed by atoms with E-state index < -0.39 is 0 Å². The monoisotopic (exact) mass is 209 g/mol. The molecule has 1 aromatic carbocycles. The highest BCUT2D eigenvalue weighted by atomic mass is 16.5. The SMILES string of the molecule is Cc1cc(OCCN)c(O)cc1C(C)C. The van der Waals surface area contributed by atoms with Gasteiger partial charge < -0.3 is 15.6 Å². The lowest BCUT2D eigenvalue weighted by atomic mass is 9.97. The molecule has 0 bridgehead atoms. The van der Waals surface area contributed by atoms with Gasteiger partial charge in [-0.25, -0.2) is 0 Å². The summed E-state index contributed by atoms with van der Waals surface area (Å²) in [5.74, 6) is 1.11. The van der Waals surface area contributed by atoms with Crippen molar-refractivity contribution >= 4 is 0 Å². The van der Waals surface area contributed by atoms with Gasteiger partial charge in [0, 0.05) is 6.54 Å². The third-order valence-electron chi connectivity index (χ3n) is 2.35. The van der Waals surface area contributed by atoms with Crippen molar-refractivity contribution < 1.29 is 9.84 Å². The van der Waals surface area contributed by atoms with Crippen LogP contribution in [0.4, 0.5) is 0 Å². The predicted octanol–water partition coefficient (Wildman–Crippen LogP) is 2.16. The molecule has 3 nitrogen and oxygen atoms in total. The van der Waals surface area contributed by atoms with Crippen molar-refractivity contribution in [1.82, 2.24) is 0 Å². The first kappa shape index (κ1) is 11.9. The summed E-state index contributed by atoms with van der Waals surface area (Å²) in [7, 11) is 0. The lowest BCUT2D eigenvalue weighted by Gasteiger charge is -2.13. The Labute approximate surface area is 90.9 Å². The lowest BCUT2D eigenvalue weighted by Crippen LogP contribution is -2.10. The van der Waals surface area contributed by atoms with Crippen LogP contribution in [-0.2, 0) is 0 Å². The molecular weight excluding hydrogens is 190 g/mol. The fourth-order valence-electron chi connectivity index (χ4n) is 1.59. The zero-order valence-electron chi connectivity index (χ0n) is 9.58. The molecule has 0 fully saturated rings. The summed E-state index contributed by atoms with van der Waals surface area (Å²) < 4.78 is 5.33. The van der Waals surface area contributed by atoms with Crippen LogP contribution in [0.1, 0.15) is 30.9 Å². The van der Waals surface area contributed by atoms with Gasteiger partial charge in [-0.1, -0.05) is 13.8 Å². The number of nitrogens with two attached hydrogens (primary N) is 1. The number of rotatable bonds is 4. The summed E-state index contributed by atoms with van der Waals surface area (Å²) in [5, 5.41) is 9.73. The van der Waals surface area contributed by atoms with E-state index in [1.54, 1.807) is 6.07 Å². The molecule has 84 valence electrons. The second kappa shape index (κ2) is 5.03. The number of aromatic hydroxyl groups is 1. The Balaban J connectivity index is 2.97. The average molecular weight is 209 g/mol. The number of benzene rings is 1. The van der Waals surface area contributed by atoms with Gasteiger partial charge >= 0.3 is 0 Å². The first-order chi connectivity index (χ1) is 7.06. The second-order valence-electron chi connectivity index (χ2n) is 3.97. The molecule has 0 atom stereocenters. The molecule has 0 radical (unpaired) electrons. The third-order valence-corrected chi connectivity index (χ3v) is 2.35. The van der Waals surface area contributed by atoms with E-state index in [0.29, 0.717) is 24.8 Å². The Hall–Kier alpha value is -1.22. The largest absolute Gasteiger partial charge is 0.504 e. The maximum Gasteiger partial charge on any atom is 0.161 e. The molecule has 0 heterocycles. The summed E-state index contributed by atoms with van der Waals surface area (Å²) in [6.07, 6.45) is 0. The van der Waals surface area contributed by atoms with Crippen LogP contribution in [0.3, 0.4) is 0 Å². The Morgan fingerprint density at radius 1 is 1.40 bits per heavy atom. The molecule has 1 aromatic rings. The first-order valence-corrected chi connectivity index (χ1v) is 5.22. The Morgan fingerprint density at radius 2 is 2.07 bits per heavy atom. The van der Waals surface area contributed by atoms with E-state index in [0.717, 1.165) is 11.1 Å². The van der Waals surface area contributed by atoms with Gasteiger partial charge in [0.15, 0.2) is 11.5 Å². The fourth-order valence-corrected chi connectivity index (χ4v) is 1.59. The topological polar surface area (TPSA) is 55.5 Å². The van der Waals surface area contributed by atoms with Crippen molar-refractivity contribution in [3.63, 3.8) is 0 Å². The fraction of sp³-hybridized carbons (Fsp3) is 0.500. The van der Waals surface area contributed by atoms with E-state index in [1.807, 2.05) is 13.0 Å². The molecule has 1 rings (SSSR count). The zero-order chi connectivity index (χ0) is 11.4. The molecular formula is C12H19NO2. The highest BCUT2D eigenvalue weighted by molar-refractivity contribution is 5.47. The van der Waals surface area contributed by atoms with Gasteiger partial charge in [-0.15, -0.1) is 0 Å². The van der Waals surface area contributed by atoms with Gasteiger partial charge in [-0.3, -0.25) is 0 Å². The van der Waals surface area contributed by atoms with Crippen molar-refractivity contribution in [2.75, 3.05) is 13.2 Å². The molecule has 0 amide bonds. The van der Waals surface area contributed by atoms with Crippen molar-refractivity contribution in [3.8, 4) is 11.5 Å². The molecule has 0 unspecified atom stereocenters. The van der Waals surface area contributed by atoms with Gasteiger partial charge in [-0.2, -0.15) is 0 Å². The van der Waals surface area contributed by atoms with Gasteiger partial charge in [0.1, 0.15) is 6.61 Å². The first-order valence-electron chi connectivity index (χ1n) is 5.22. The lowest BCUT2D eigenvalue weighted by molar-refractivity contribution is 0.308. The summed E-state index contributed by atoms with van der Waals surface area (Å²) in [6, 6.07) is 3.63. The zero-order valence-corrected chi connectivity index (χ0v) is 9.58. The van der Waals surface area contributed by atoms with Gasteiger partial charge in [-0.05, 0) is 36.1 Å². The molecule has 0 aliphatic carbocycles. The predicted molar refractivity (Wildman–Crippen MR) is 61.5 cm³/mol. The molecule has 0 saturated heterocycles. The molecule has 0 spiro atoms. The van der Waals surface area contributed by atoms with Gasteiger partial charge in [0.05, 0.1) is 0 Å². The smallest absolute Gasteiger partial charge is 0.161 e. The van der Waals surface area contributed by atoms with Crippen LogP contribution >= 0.6 is 0 Å². The minimum Gasteiger partial charge on any atom is -0.504 e. The molecule has 0 saturated carbocycles. The maximum atomic E-state index is 9.73. The normalized spacial score (nSPS) is 10.7. The van der Waals surface area contributed by atoms with E-state index in [1.165, 1.54) is 0 Å². The van der Waals surface area contributed by atoms with Crippen LogP contribution < -0.4 is 10.5 Å². The van der Waals surface area contributed by atoms with Crippen LogP contribution in [0.2, 0.25) is 0 Å². The average Bonchev–Trinajstić information content (AvgIpc) is 2.18. The summed E-state index contributed by atoms with van der Waals surface area (Å²) in [5.41, 5.74) is 7.62. The number of hydrogen-bond donors (Lipinski definition) is 2. The molecule has 3 heteroatoms. The Kier molecular flexibility index (Phi) is 3.97. The highest BCUT2D eigenvalue weighted by Crippen LogP contribution is 2.32. The number of phenolic OH excluding ortho intramolecular Hbond substituents is 1. The van der Waals surface area contributed by atoms with E-state index in [2.05, 4.69) is 13.8 Å².